The fourth-order valence-corrected chi connectivity index (χ4v) is 3.99. The van der Waals surface area contributed by atoms with Crippen LogP contribution < -0.4 is 0 Å². The van der Waals surface area contributed by atoms with Gasteiger partial charge in [0.05, 0.1) is 0 Å². The van der Waals surface area contributed by atoms with E-state index in [1.54, 1.807) is 0 Å². The van der Waals surface area contributed by atoms with Gasteiger partial charge in [0, 0.05) is 30.1 Å². The lowest BCUT2D eigenvalue weighted by Gasteiger charge is -2.34. The van der Waals surface area contributed by atoms with E-state index in [-0.39, 0.29) is 5.91 Å². The van der Waals surface area contributed by atoms with Crippen molar-refractivity contribution in [2.24, 2.45) is 0 Å². The molecule has 5 nitrogen and oxygen atoms in total. The van der Waals surface area contributed by atoms with Gasteiger partial charge in [-0.1, -0.05) is 35.9 Å². The Balaban J connectivity index is 1.54. The first-order chi connectivity index (χ1) is 13.0. The average molecular weight is 362 g/mol. The maximum Gasteiger partial charge on any atom is 0.331 e. The number of aromatic nitrogens is 1. The third kappa shape index (κ3) is 3.21. The van der Waals surface area contributed by atoms with E-state index in [2.05, 4.69) is 17.1 Å². The normalized spacial score (nSPS) is 16.3. The highest BCUT2D eigenvalue weighted by atomic mass is 16.4. The highest BCUT2D eigenvalue weighted by Gasteiger charge is 2.35. The van der Waals surface area contributed by atoms with Crippen molar-refractivity contribution in [2.45, 2.75) is 32.2 Å². The molecule has 2 N–H and O–H groups in total. The molecular formula is C22H22N2O3. The lowest BCUT2D eigenvalue weighted by atomic mass is 9.92. The standard InChI is InChI=1S/C22H22N2O3/c1-14-6-8-19-18(12-14)16(13-23-19)7-9-20(25)24-11-10-15-4-2-3-5-17(15)21(24)22(26)27/h2-6,8,12-13,21,23H,7,9-11H2,1H3,(H,26,27)/t21-/m1/s1. The molecule has 0 saturated carbocycles. The van der Waals surface area contributed by atoms with Crippen LogP contribution in [0.2, 0.25) is 0 Å². The summed E-state index contributed by atoms with van der Waals surface area (Å²) in [5.74, 6) is -1.09. The minimum Gasteiger partial charge on any atom is -0.479 e. The molecule has 0 bridgehead atoms. The molecule has 0 fully saturated rings. The molecule has 1 amide bonds. The van der Waals surface area contributed by atoms with Crippen molar-refractivity contribution in [3.05, 3.63) is 70.9 Å². The molecule has 1 aliphatic rings. The number of hydrogen-bond acceptors (Lipinski definition) is 2. The number of nitrogens with zero attached hydrogens (tertiary/aromatic N) is 1. The van der Waals surface area contributed by atoms with E-state index in [0.717, 1.165) is 27.6 Å². The Morgan fingerprint density at radius 3 is 2.85 bits per heavy atom. The van der Waals surface area contributed by atoms with Crippen LogP contribution in [0.25, 0.3) is 10.9 Å². The summed E-state index contributed by atoms with van der Waals surface area (Å²) in [4.78, 5) is 29.5. The number of aryl methyl sites for hydroxylation is 2. The number of carboxylic acids is 1. The van der Waals surface area contributed by atoms with Gasteiger partial charge < -0.3 is 15.0 Å². The van der Waals surface area contributed by atoms with Gasteiger partial charge in [0.25, 0.3) is 0 Å². The fraction of sp³-hybridized carbons (Fsp3) is 0.273. The number of carbonyl (C=O) groups is 2. The van der Waals surface area contributed by atoms with Crippen molar-refractivity contribution in [3.8, 4) is 0 Å². The summed E-state index contributed by atoms with van der Waals surface area (Å²) in [7, 11) is 0. The van der Waals surface area contributed by atoms with Gasteiger partial charge in [0.1, 0.15) is 0 Å². The molecular weight excluding hydrogens is 340 g/mol. The second-order valence-electron chi connectivity index (χ2n) is 7.14. The van der Waals surface area contributed by atoms with Crippen LogP contribution >= 0.6 is 0 Å². The molecule has 5 heteroatoms. The van der Waals surface area contributed by atoms with Crippen LogP contribution in [-0.2, 0) is 22.4 Å². The van der Waals surface area contributed by atoms with E-state index < -0.39 is 12.0 Å². The molecule has 1 aliphatic heterocycles. The zero-order valence-electron chi connectivity index (χ0n) is 15.2. The van der Waals surface area contributed by atoms with Crippen molar-refractivity contribution in [1.29, 1.82) is 0 Å². The van der Waals surface area contributed by atoms with Gasteiger partial charge in [0.2, 0.25) is 5.91 Å². The maximum absolute atomic E-state index is 12.9. The zero-order valence-corrected chi connectivity index (χ0v) is 15.2. The molecule has 138 valence electrons. The number of nitrogens with one attached hydrogen (secondary N) is 1. The first kappa shape index (κ1) is 17.3. The number of aromatic amines is 1. The molecule has 2 heterocycles. The quantitative estimate of drug-likeness (QED) is 0.744. The molecule has 0 unspecified atom stereocenters. The van der Waals surface area contributed by atoms with Crippen LogP contribution in [0.1, 0.15) is 34.7 Å². The second-order valence-corrected chi connectivity index (χ2v) is 7.14. The molecule has 4 rings (SSSR count). The maximum atomic E-state index is 12.9. The van der Waals surface area contributed by atoms with E-state index >= 15 is 0 Å². The van der Waals surface area contributed by atoms with Gasteiger partial charge in [-0.25, -0.2) is 4.79 Å². The molecule has 0 spiro atoms. The summed E-state index contributed by atoms with van der Waals surface area (Å²) in [5, 5.41) is 10.9. The lowest BCUT2D eigenvalue weighted by molar-refractivity contribution is -0.151. The van der Waals surface area contributed by atoms with Crippen LogP contribution in [0.5, 0.6) is 0 Å². The summed E-state index contributed by atoms with van der Waals surface area (Å²) in [6.07, 6.45) is 3.52. The largest absolute Gasteiger partial charge is 0.479 e. The Morgan fingerprint density at radius 2 is 2.04 bits per heavy atom. The van der Waals surface area contributed by atoms with Crippen molar-refractivity contribution >= 4 is 22.8 Å². The van der Waals surface area contributed by atoms with E-state index in [1.807, 2.05) is 43.5 Å². The van der Waals surface area contributed by atoms with Crippen LogP contribution in [0.3, 0.4) is 0 Å². The summed E-state index contributed by atoms with van der Waals surface area (Å²) in [5.41, 5.74) is 5.06. The average Bonchev–Trinajstić information content (AvgIpc) is 3.07. The van der Waals surface area contributed by atoms with Crippen LogP contribution in [0.4, 0.5) is 0 Å². The van der Waals surface area contributed by atoms with Crippen LogP contribution in [0, 0.1) is 6.92 Å². The molecule has 2 aromatic carbocycles. The van der Waals surface area contributed by atoms with Crippen molar-refractivity contribution in [1.82, 2.24) is 9.88 Å². The van der Waals surface area contributed by atoms with Gasteiger partial charge in [-0.2, -0.15) is 0 Å². The molecule has 1 aromatic heterocycles. The molecule has 0 aliphatic carbocycles. The van der Waals surface area contributed by atoms with Crippen molar-refractivity contribution < 1.29 is 14.7 Å². The molecule has 0 saturated heterocycles. The van der Waals surface area contributed by atoms with E-state index in [4.69, 9.17) is 0 Å². The number of rotatable bonds is 4. The highest BCUT2D eigenvalue weighted by molar-refractivity contribution is 5.87. The molecule has 27 heavy (non-hydrogen) atoms. The monoisotopic (exact) mass is 362 g/mol. The minimum atomic E-state index is -0.974. The number of amides is 1. The zero-order chi connectivity index (χ0) is 19.0. The number of aliphatic carboxylic acids is 1. The number of fused-ring (bicyclic) bond motifs is 2. The predicted octanol–water partition coefficient (Wildman–Crippen LogP) is 3.62. The number of carbonyl (C=O) groups excluding carboxylic acids is 1. The number of H-pyrrole nitrogens is 1. The van der Waals surface area contributed by atoms with Gasteiger partial charge in [-0.3, -0.25) is 4.79 Å². The SMILES string of the molecule is Cc1ccc2[nH]cc(CCC(=O)N3CCc4ccccc4[C@@H]3C(=O)O)c2c1. The van der Waals surface area contributed by atoms with E-state index in [9.17, 15) is 14.7 Å². The van der Waals surface area contributed by atoms with Crippen molar-refractivity contribution in [2.75, 3.05) is 6.54 Å². The molecule has 3 aromatic rings. The third-order valence-corrected chi connectivity index (χ3v) is 5.37. The smallest absolute Gasteiger partial charge is 0.331 e. The summed E-state index contributed by atoms with van der Waals surface area (Å²) in [6, 6.07) is 12.8. The van der Waals surface area contributed by atoms with Gasteiger partial charge >= 0.3 is 5.97 Å². The Labute approximate surface area is 157 Å². The Bertz CT molecular complexity index is 1020. The Morgan fingerprint density at radius 1 is 1.22 bits per heavy atom. The summed E-state index contributed by atoms with van der Waals surface area (Å²) >= 11 is 0. The Kier molecular flexibility index (Phi) is 4.44. The van der Waals surface area contributed by atoms with E-state index in [1.165, 1.54) is 10.5 Å². The molecule has 1 atom stereocenters. The first-order valence-corrected chi connectivity index (χ1v) is 9.21. The van der Waals surface area contributed by atoms with Gasteiger partial charge in [-0.15, -0.1) is 0 Å². The van der Waals surface area contributed by atoms with Gasteiger partial charge in [0.15, 0.2) is 6.04 Å². The lowest BCUT2D eigenvalue weighted by Crippen LogP contribution is -2.43. The first-order valence-electron chi connectivity index (χ1n) is 9.21. The summed E-state index contributed by atoms with van der Waals surface area (Å²) in [6.45, 7) is 2.49. The topological polar surface area (TPSA) is 73.4 Å². The summed E-state index contributed by atoms with van der Waals surface area (Å²) < 4.78 is 0. The van der Waals surface area contributed by atoms with Gasteiger partial charge in [-0.05, 0) is 48.6 Å². The fourth-order valence-electron chi connectivity index (χ4n) is 3.99. The number of hydrogen-bond donors (Lipinski definition) is 2. The second kappa shape index (κ2) is 6.91. The predicted molar refractivity (Wildman–Crippen MR) is 104 cm³/mol. The number of benzene rings is 2. The van der Waals surface area contributed by atoms with Crippen molar-refractivity contribution in [3.63, 3.8) is 0 Å². The van der Waals surface area contributed by atoms with E-state index in [0.29, 0.717) is 25.8 Å². The Hall–Kier alpha value is -3.08. The highest BCUT2D eigenvalue weighted by Crippen LogP contribution is 2.31. The minimum absolute atomic E-state index is 0.112. The van der Waals surface area contributed by atoms with Crippen LogP contribution in [-0.4, -0.2) is 33.4 Å². The third-order valence-electron chi connectivity index (χ3n) is 5.37. The number of carboxylic acid groups (broad SMARTS) is 1. The van der Waals surface area contributed by atoms with Crippen LogP contribution in [0.15, 0.2) is 48.7 Å². The molecule has 0 radical (unpaired) electrons.